The number of methoxy groups -OCH3 is 1. The van der Waals surface area contributed by atoms with E-state index in [-0.39, 0.29) is 0 Å². The van der Waals surface area contributed by atoms with Crippen LogP contribution in [0.4, 0.5) is 5.82 Å². The van der Waals surface area contributed by atoms with Crippen LogP contribution in [0.25, 0.3) is 0 Å². The fourth-order valence-corrected chi connectivity index (χ4v) is 2.16. The summed E-state index contributed by atoms with van der Waals surface area (Å²) in [5.41, 5.74) is 9.33. The second kappa shape index (κ2) is 5.71. The Bertz CT molecular complexity index is 534. The molecule has 0 aliphatic heterocycles. The van der Waals surface area contributed by atoms with Crippen LogP contribution in [0, 0.1) is 10.5 Å². The molecule has 96 valence electrons. The molecule has 0 saturated heterocycles. The van der Waals surface area contributed by atoms with E-state index < -0.39 is 0 Å². The van der Waals surface area contributed by atoms with Gasteiger partial charge in [-0.2, -0.15) is 5.10 Å². The zero-order valence-corrected chi connectivity index (χ0v) is 12.6. The Morgan fingerprint density at radius 1 is 1.28 bits per heavy atom. The molecule has 0 atom stereocenters. The van der Waals surface area contributed by atoms with Gasteiger partial charge in [-0.15, -0.1) is 0 Å². The smallest absolute Gasteiger partial charge is 0.135 e. The minimum atomic E-state index is 0.640. The summed E-state index contributed by atoms with van der Waals surface area (Å²) >= 11 is 2.22. The van der Waals surface area contributed by atoms with Gasteiger partial charge in [-0.05, 0) is 40.6 Å². The first-order valence-corrected chi connectivity index (χ1v) is 6.75. The van der Waals surface area contributed by atoms with E-state index in [0.717, 1.165) is 15.1 Å². The standard InChI is InChI=1S/C13H16IN3O/c1-9-12(14)13(15)17(16-9)7-10-3-5-11(6-4-10)8-18-2/h3-6H,7-8,15H2,1-2H3. The maximum Gasteiger partial charge on any atom is 0.135 e. The number of nitrogen functional groups attached to an aromatic ring is 1. The average Bonchev–Trinajstić information content (AvgIpc) is 2.60. The van der Waals surface area contributed by atoms with E-state index in [9.17, 15) is 0 Å². The number of aromatic nitrogens is 2. The van der Waals surface area contributed by atoms with Gasteiger partial charge in [0.25, 0.3) is 0 Å². The summed E-state index contributed by atoms with van der Waals surface area (Å²) in [5, 5.41) is 4.42. The summed E-state index contributed by atoms with van der Waals surface area (Å²) in [6, 6.07) is 8.29. The van der Waals surface area contributed by atoms with Crippen molar-refractivity contribution >= 4 is 28.4 Å². The van der Waals surface area contributed by atoms with Gasteiger partial charge in [0, 0.05) is 7.11 Å². The lowest BCUT2D eigenvalue weighted by Crippen LogP contribution is -2.06. The molecule has 0 unspecified atom stereocenters. The molecular formula is C13H16IN3O. The Hall–Kier alpha value is -1.08. The molecule has 0 spiro atoms. The Balaban J connectivity index is 2.15. The van der Waals surface area contributed by atoms with Crippen LogP contribution in [-0.4, -0.2) is 16.9 Å². The van der Waals surface area contributed by atoms with Gasteiger partial charge in [0.15, 0.2) is 0 Å². The molecule has 0 saturated carbocycles. The highest BCUT2D eigenvalue weighted by molar-refractivity contribution is 14.1. The first-order valence-electron chi connectivity index (χ1n) is 5.67. The maximum absolute atomic E-state index is 6.00. The number of hydrogen-bond acceptors (Lipinski definition) is 3. The van der Waals surface area contributed by atoms with Crippen LogP contribution >= 0.6 is 22.6 Å². The van der Waals surface area contributed by atoms with Gasteiger partial charge >= 0.3 is 0 Å². The SMILES string of the molecule is COCc1ccc(Cn2nc(C)c(I)c2N)cc1. The largest absolute Gasteiger partial charge is 0.383 e. The summed E-state index contributed by atoms with van der Waals surface area (Å²) < 4.78 is 7.95. The van der Waals surface area contributed by atoms with Gasteiger partial charge in [-0.3, -0.25) is 0 Å². The third-order valence-corrected chi connectivity index (χ3v) is 4.09. The summed E-state index contributed by atoms with van der Waals surface area (Å²) in [6.07, 6.45) is 0. The second-order valence-corrected chi connectivity index (χ2v) is 5.27. The van der Waals surface area contributed by atoms with Crippen LogP contribution in [-0.2, 0) is 17.9 Å². The van der Waals surface area contributed by atoms with Crippen LogP contribution in [0.2, 0.25) is 0 Å². The van der Waals surface area contributed by atoms with Crippen LogP contribution in [0.5, 0.6) is 0 Å². The molecule has 1 aromatic carbocycles. The monoisotopic (exact) mass is 357 g/mol. The van der Waals surface area contributed by atoms with Crippen molar-refractivity contribution in [3.63, 3.8) is 0 Å². The van der Waals surface area contributed by atoms with E-state index >= 15 is 0 Å². The molecule has 0 fully saturated rings. The number of halogens is 1. The number of nitrogens with zero attached hydrogens (tertiary/aromatic N) is 2. The molecule has 0 aliphatic rings. The first-order chi connectivity index (χ1) is 8.61. The number of anilines is 1. The van der Waals surface area contributed by atoms with Crippen LogP contribution in [0.15, 0.2) is 24.3 Å². The predicted octanol–water partition coefficient (Wildman–Crippen LogP) is 2.57. The van der Waals surface area contributed by atoms with Crippen molar-refractivity contribution in [1.29, 1.82) is 0 Å². The topological polar surface area (TPSA) is 53.1 Å². The molecule has 4 nitrogen and oxygen atoms in total. The van der Waals surface area contributed by atoms with Gasteiger partial charge in [0.2, 0.25) is 0 Å². The zero-order valence-electron chi connectivity index (χ0n) is 10.5. The third-order valence-electron chi connectivity index (χ3n) is 2.76. The third kappa shape index (κ3) is 2.84. The maximum atomic E-state index is 6.00. The molecule has 0 aliphatic carbocycles. The summed E-state index contributed by atoms with van der Waals surface area (Å²) in [7, 11) is 1.70. The van der Waals surface area contributed by atoms with Gasteiger partial charge in [0.1, 0.15) is 5.82 Å². The molecule has 2 aromatic rings. The summed E-state index contributed by atoms with van der Waals surface area (Å²) in [5.74, 6) is 0.731. The van der Waals surface area contributed by atoms with Crippen molar-refractivity contribution < 1.29 is 4.74 Å². The fraction of sp³-hybridized carbons (Fsp3) is 0.308. The molecule has 0 amide bonds. The van der Waals surface area contributed by atoms with Crippen LogP contribution in [0.3, 0.4) is 0 Å². The normalized spacial score (nSPS) is 10.8. The summed E-state index contributed by atoms with van der Waals surface area (Å²) in [6.45, 7) is 3.31. The lowest BCUT2D eigenvalue weighted by atomic mass is 10.1. The molecule has 2 N–H and O–H groups in total. The van der Waals surface area contributed by atoms with Crippen molar-refractivity contribution in [1.82, 2.24) is 9.78 Å². The van der Waals surface area contributed by atoms with Crippen molar-refractivity contribution in [3.05, 3.63) is 44.7 Å². The number of benzene rings is 1. The highest BCUT2D eigenvalue weighted by Gasteiger charge is 2.09. The Kier molecular flexibility index (Phi) is 4.23. The fourth-order valence-electron chi connectivity index (χ4n) is 1.78. The van der Waals surface area contributed by atoms with Crippen molar-refractivity contribution in [3.8, 4) is 0 Å². The number of rotatable bonds is 4. The Morgan fingerprint density at radius 2 is 1.89 bits per heavy atom. The highest BCUT2D eigenvalue weighted by atomic mass is 127. The van der Waals surface area contributed by atoms with Crippen molar-refractivity contribution in [2.75, 3.05) is 12.8 Å². The van der Waals surface area contributed by atoms with E-state index in [1.165, 1.54) is 11.1 Å². The minimum absolute atomic E-state index is 0.640. The van der Waals surface area contributed by atoms with E-state index in [2.05, 4.69) is 52.0 Å². The van der Waals surface area contributed by atoms with E-state index in [1.807, 2.05) is 11.6 Å². The minimum Gasteiger partial charge on any atom is -0.383 e. The van der Waals surface area contributed by atoms with Gasteiger partial charge in [0.05, 0.1) is 22.4 Å². The zero-order chi connectivity index (χ0) is 13.1. The average molecular weight is 357 g/mol. The molecule has 1 aromatic heterocycles. The molecule has 1 heterocycles. The Labute approximate surface area is 120 Å². The van der Waals surface area contributed by atoms with Crippen molar-refractivity contribution in [2.45, 2.75) is 20.1 Å². The van der Waals surface area contributed by atoms with E-state index in [0.29, 0.717) is 13.2 Å². The molecule has 5 heteroatoms. The summed E-state index contributed by atoms with van der Waals surface area (Å²) in [4.78, 5) is 0. The van der Waals surface area contributed by atoms with Crippen LogP contribution < -0.4 is 5.73 Å². The number of nitrogens with two attached hydrogens (primary N) is 1. The molecule has 0 radical (unpaired) electrons. The van der Waals surface area contributed by atoms with Gasteiger partial charge in [-0.1, -0.05) is 24.3 Å². The van der Waals surface area contributed by atoms with Crippen LogP contribution in [0.1, 0.15) is 16.8 Å². The molecular weight excluding hydrogens is 341 g/mol. The number of aryl methyl sites for hydroxylation is 1. The predicted molar refractivity (Wildman–Crippen MR) is 80.4 cm³/mol. The Morgan fingerprint density at radius 3 is 2.39 bits per heavy atom. The van der Waals surface area contributed by atoms with Gasteiger partial charge in [-0.25, -0.2) is 4.68 Å². The van der Waals surface area contributed by atoms with E-state index in [1.54, 1.807) is 7.11 Å². The lowest BCUT2D eigenvalue weighted by Gasteiger charge is -2.06. The number of hydrogen-bond donors (Lipinski definition) is 1. The highest BCUT2D eigenvalue weighted by Crippen LogP contribution is 2.19. The lowest BCUT2D eigenvalue weighted by molar-refractivity contribution is 0.185. The first kappa shape index (κ1) is 13.4. The molecule has 2 rings (SSSR count). The number of ether oxygens (including phenoxy) is 1. The second-order valence-electron chi connectivity index (χ2n) is 4.19. The quantitative estimate of drug-likeness (QED) is 0.856. The van der Waals surface area contributed by atoms with Crippen molar-refractivity contribution in [2.24, 2.45) is 0 Å². The molecule has 18 heavy (non-hydrogen) atoms. The molecule has 0 bridgehead atoms. The van der Waals surface area contributed by atoms with Gasteiger partial charge < -0.3 is 10.5 Å². The van der Waals surface area contributed by atoms with E-state index in [4.69, 9.17) is 10.5 Å².